The van der Waals surface area contributed by atoms with Crippen molar-refractivity contribution >= 4 is 35.3 Å². The maximum absolute atomic E-state index is 13.4. The number of carbonyl (C=O) groups excluding carboxylic acids is 1. The zero-order valence-corrected chi connectivity index (χ0v) is 10.1. The molecule has 1 atom stereocenters. The van der Waals surface area contributed by atoms with Crippen LogP contribution in [0.5, 0.6) is 0 Å². The summed E-state index contributed by atoms with van der Waals surface area (Å²) >= 11 is 1.24. The van der Waals surface area contributed by atoms with Crippen molar-refractivity contribution in [1.29, 1.82) is 0 Å². The summed E-state index contributed by atoms with van der Waals surface area (Å²) in [6, 6.07) is 5.77. The summed E-state index contributed by atoms with van der Waals surface area (Å²) in [4.78, 5) is 28.5. The van der Waals surface area contributed by atoms with Crippen LogP contribution in [0.4, 0.5) is 4.39 Å². The Labute approximate surface area is 99.9 Å². The minimum absolute atomic E-state index is 0.0823. The molecule has 0 spiro atoms. The van der Waals surface area contributed by atoms with Gasteiger partial charge in [0.1, 0.15) is 0 Å². The van der Waals surface area contributed by atoms with Gasteiger partial charge in [0, 0.05) is 4.70 Å². The molecule has 1 aromatic carbocycles. The van der Waals surface area contributed by atoms with E-state index in [1.54, 1.807) is 12.1 Å². The van der Waals surface area contributed by atoms with Crippen LogP contribution in [0.25, 0.3) is 10.1 Å². The molecule has 1 aromatic heterocycles. The highest BCUT2D eigenvalue weighted by molar-refractivity contribution is 7.51. The van der Waals surface area contributed by atoms with Gasteiger partial charge in [0.25, 0.3) is 0 Å². The Morgan fingerprint density at radius 1 is 1.35 bits per heavy atom. The van der Waals surface area contributed by atoms with Gasteiger partial charge in [-0.15, -0.1) is 11.3 Å². The van der Waals surface area contributed by atoms with Crippen LogP contribution in [-0.2, 0) is 4.57 Å². The average Bonchev–Trinajstić information content (AvgIpc) is 2.68. The second-order valence-corrected chi connectivity index (χ2v) is 6.24. The second kappa shape index (κ2) is 4.31. The van der Waals surface area contributed by atoms with Crippen molar-refractivity contribution in [2.24, 2.45) is 0 Å². The third-order valence-electron chi connectivity index (χ3n) is 2.25. The zero-order valence-electron chi connectivity index (χ0n) is 8.41. The highest BCUT2D eigenvalue weighted by Gasteiger charge is 2.30. The van der Waals surface area contributed by atoms with E-state index in [0.29, 0.717) is 16.5 Å². The third-order valence-corrected chi connectivity index (χ3v) is 4.18. The van der Waals surface area contributed by atoms with Gasteiger partial charge in [0.2, 0.25) is 5.91 Å². The van der Waals surface area contributed by atoms with Crippen LogP contribution in [0.3, 0.4) is 0 Å². The van der Waals surface area contributed by atoms with Crippen molar-refractivity contribution in [1.82, 2.24) is 0 Å². The lowest BCUT2D eigenvalue weighted by molar-refractivity contribution is 0.112. The fraction of sp³-hybridized carbons (Fsp3) is 0.100. The molecule has 0 aliphatic carbocycles. The molecule has 1 heterocycles. The highest BCUT2D eigenvalue weighted by atomic mass is 32.1. The highest BCUT2D eigenvalue weighted by Crippen LogP contribution is 2.53. The standard InChI is InChI=1S/C10H8FO4PS/c11-10(16(13,14)15)6-1-2-9-7(3-6)4-8(5-12)17-9/h1-5,10H,(H2,13,14,15). The molecular formula is C10H8FO4PS. The van der Waals surface area contributed by atoms with E-state index >= 15 is 0 Å². The van der Waals surface area contributed by atoms with Gasteiger partial charge in [0.05, 0.1) is 4.88 Å². The SMILES string of the molecule is O=Cc1cc2cc(C(F)P(=O)(O)O)ccc2s1. The van der Waals surface area contributed by atoms with E-state index in [4.69, 9.17) is 9.79 Å². The van der Waals surface area contributed by atoms with E-state index in [1.165, 1.54) is 23.5 Å². The summed E-state index contributed by atoms with van der Waals surface area (Å²) in [6.45, 7) is 0. The average molecular weight is 274 g/mol. The van der Waals surface area contributed by atoms with Gasteiger partial charge in [-0.2, -0.15) is 0 Å². The molecule has 1 unspecified atom stereocenters. The molecule has 0 fully saturated rings. The number of hydrogen-bond acceptors (Lipinski definition) is 3. The predicted molar refractivity (Wildman–Crippen MR) is 63.1 cm³/mol. The number of rotatable bonds is 3. The van der Waals surface area contributed by atoms with E-state index in [9.17, 15) is 13.8 Å². The van der Waals surface area contributed by atoms with E-state index in [0.717, 1.165) is 4.70 Å². The van der Waals surface area contributed by atoms with Crippen LogP contribution in [0.15, 0.2) is 24.3 Å². The van der Waals surface area contributed by atoms with Crippen molar-refractivity contribution < 1.29 is 23.5 Å². The first-order chi connectivity index (χ1) is 7.91. The van der Waals surface area contributed by atoms with Crippen molar-refractivity contribution in [3.8, 4) is 0 Å². The molecule has 0 saturated heterocycles. The van der Waals surface area contributed by atoms with E-state index in [2.05, 4.69) is 0 Å². The number of aldehydes is 1. The van der Waals surface area contributed by atoms with E-state index in [1.807, 2.05) is 0 Å². The zero-order chi connectivity index (χ0) is 12.6. The fourth-order valence-electron chi connectivity index (χ4n) is 1.48. The summed E-state index contributed by atoms with van der Waals surface area (Å²) in [7, 11) is -4.79. The molecule has 2 N–H and O–H groups in total. The lowest BCUT2D eigenvalue weighted by Gasteiger charge is -2.09. The monoisotopic (exact) mass is 274 g/mol. The maximum atomic E-state index is 13.4. The molecule has 0 aliphatic heterocycles. The Balaban J connectivity index is 2.51. The van der Waals surface area contributed by atoms with Crippen LogP contribution < -0.4 is 0 Å². The quantitative estimate of drug-likeness (QED) is 0.666. The molecule has 7 heteroatoms. The van der Waals surface area contributed by atoms with Gasteiger partial charge in [-0.1, -0.05) is 6.07 Å². The molecular weight excluding hydrogens is 266 g/mol. The van der Waals surface area contributed by atoms with Gasteiger partial charge in [-0.05, 0) is 29.1 Å². The topological polar surface area (TPSA) is 74.6 Å². The van der Waals surface area contributed by atoms with Gasteiger partial charge in [0.15, 0.2) is 6.29 Å². The van der Waals surface area contributed by atoms with Crippen LogP contribution >= 0.6 is 18.9 Å². The van der Waals surface area contributed by atoms with Gasteiger partial charge in [-0.3, -0.25) is 9.36 Å². The number of fused-ring (bicyclic) bond motifs is 1. The smallest absolute Gasteiger partial charge is 0.322 e. The number of thiophene rings is 1. The van der Waals surface area contributed by atoms with Gasteiger partial charge < -0.3 is 9.79 Å². The first-order valence-corrected chi connectivity index (χ1v) is 7.09. The number of alkyl halides is 1. The molecule has 17 heavy (non-hydrogen) atoms. The van der Waals surface area contributed by atoms with E-state index < -0.39 is 13.5 Å². The molecule has 2 rings (SSSR count). The summed E-state index contributed by atoms with van der Waals surface area (Å²) in [5.41, 5.74) is -0.0823. The summed E-state index contributed by atoms with van der Waals surface area (Å²) in [5.74, 6) is -2.33. The maximum Gasteiger partial charge on any atom is 0.363 e. The Kier molecular flexibility index (Phi) is 3.14. The Morgan fingerprint density at radius 2 is 2.06 bits per heavy atom. The first-order valence-electron chi connectivity index (χ1n) is 4.60. The number of hydrogen-bond donors (Lipinski definition) is 2. The Hall–Kier alpha value is -1.07. The number of halogens is 1. The minimum Gasteiger partial charge on any atom is -0.322 e. The lowest BCUT2D eigenvalue weighted by atomic mass is 10.2. The summed E-state index contributed by atoms with van der Waals surface area (Å²) in [6.07, 6.45) is 0.681. The van der Waals surface area contributed by atoms with Crippen molar-refractivity contribution in [2.75, 3.05) is 0 Å². The molecule has 0 saturated carbocycles. The van der Waals surface area contributed by atoms with Crippen LogP contribution in [0.2, 0.25) is 0 Å². The normalized spacial score (nSPS) is 13.8. The molecule has 0 bridgehead atoms. The minimum atomic E-state index is -4.79. The van der Waals surface area contributed by atoms with Gasteiger partial charge >= 0.3 is 7.60 Å². The Bertz CT molecular complexity index is 618. The lowest BCUT2D eigenvalue weighted by Crippen LogP contribution is -1.92. The molecule has 2 aromatic rings. The first kappa shape index (κ1) is 12.4. The molecule has 90 valence electrons. The van der Waals surface area contributed by atoms with Crippen LogP contribution in [-0.4, -0.2) is 16.1 Å². The van der Waals surface area contributed by atoms with Gasteiger partial charge in [-0.25, -0.2) is 4.39 Å². The molecule has 0 radical (unpaired) electrons. The number of benzene rings is 1. The van der Waals surface area contributed by atoms with Crippen molar-refractivity contribution in [2.45, 2.75) is 5.91 Å². The van der Waals surface area contributed by atoms with Crippen LogP contribution in [0, 0.1) is 0 Å². The fourth-order valence-corrected chi connectivity index (χ4v) is 2.89. The summed E-state index contributed by atoms with van der Waals surface area (Å²) < 4.78 is 25.0. The Morgan fingerprint density at radius 3 is 2.65 bits per heavy atom. The number of carbonyl (C=O) groups is 1. The molecule has 0 aliphatic rings. The predicted octanol–water partition coefficient (Wildman–Crippen LogP) is 2.86. The largest absolute Gasteiger partial charge is 0.363 e. The van der Waals surface area contributed by atoms with Crippen molar-refractivity contribution in [3.05, 3.63) is 34.7 Å². The third kappa shape index (κ3) is 2.45. The summed E-state index contributed by atoms with van der Waals surface area (Å²) in [5, 5.41) is 0.603. The van der Waals surface area contributed by atoms with Crippen LogP contribution in [0.1, 0.15) is 21.1 Å². The molecule has 4 nitrogen and oxygen atoms in total. The molecule has 0 amide bonds. The van der Waals surface area contributed by atoms with E-state index in [-0.39, 0.29) is 5.56 Å². The second-order valence-electron chi connectivity index (χ2n) is 3.49. The van der Waals surface area contributed by atoms with Crippen molar-refractivity contribution in [3.63, 3.8) is 0 Å².